The molecule has 0 saturated carbocycles. The Morgan fingerprint density at radius 2 is 2.11 bits per heavy atom. The van der Waals surface area contributed by atoms with Crippen molar-refractivity contribution in [2.24, 2.45) is 11.7 Å². The molecule has 1 atom stereocenters. The van der Waals surface area contributed by atoms with Crippen LogP contribution < -0.4 is 10.6 Å². The van der Waals surface area contributed by atoms with E-state index in [1.54, 1.807) is 0 Å². The van der Waals surface area contributed by atoms with Crippen LogP contribution in [-0.2, 0) is 0 Å². The van der Waals surface area contributed by atoms with E-state index in [0.717, 1.165) is 37.2 Å². The molecule has 5 heteroatoms. The summed E-state index contributed by atoms with van der Waals surface area (Å²) in [6, 6.07) is 5.79. The van der Waals surface area contributed by atoms with Crippen LogP contribution in [0.15, 0.2) is 18.2 Å². The number of rotatable bonds is 3. The third kappa shape index (κ3) is 3.38. The molecule has 1 fully saturated rings. The van der Waals surface area contributed by atoms with E-state index in [-0.39, 0.29) is 6.10 Å². The van der Waals surface area contributed by atoms with Crippen molar-refractivity contribution in [3.63, 3.8) is 0 Å². The van der Waals surface area contributed by atoms with Crippen molar-refractivity contribution in [3.05, 3.63) is 28.8 Å². The molecule has 104 valence electrons. The molecule has 0 amide bonds. The molecule has 0 bridgehead atoms. The summed E-state index contributed by atoms with van der Waals surface area (Å²) in [4.78, 5) is 2.61. The maximum Gasteiger partial charge on any atom is 0.105 e. The number of benzene rings is 1. The number of nitrogens with two attached hydrogens (primary N) is 1. The van der Waals surface area contributed by atoms with E-state index in [9.17, 15) is 5.11 Å². The summed E-state index contributed by atoms with van der Waals surface area (Å²) in [5, 5.41) is 10.2. The average Bonchev–Trinajstić information content (AvgIpc) is 2.38. The highest BCUT2D eigenvalue weighted by atomic mass is 35.5. The topological polar surface area (TPSA) is 49.5 Å². The van der Waals surface area contributed by atoms with Crippen LogP contribution in [0.4, 0.5) is 5.69 Å². The molecule has 1 saturated heterocycles. The molecule has 3 N–H and O–H groups in total. The van der Waals surface area contributed by atoms with Gasteiger partial charge < -0.3 is 15.7 Å². The van der Waals surface area contributed by atoms with E-state index < -0.39 is 0 Å². The van der Waals surface area contributed by atoms with Gasteiger partial charge in [0.25, 0.3) is 0 Å². The molecule has 0 aromatic heterocycles. The fourth-order valence-electron chi connectivity index (χ4n) is 2.54. The van der Waals surface area contributed by atoms with Crippen LogP contribution in [0.1, 0.15) is 25.3 Å². The van der Waals surface area contributed by atoms with Gasteiger partial charge in [0.15, 0.2) is 0 Å². The fourth-order valence-corrected chi connectivity index (χ4v) is 3.05. The largest absolute Gasteiger partial charge is 0.393 e. The zero-order valence-corrected chi connectivity index (χ0v) is 12.5. The van der Waals surface area contributed by atoms with E-state index in [1.807, 2.05) is 25.1 Å². The van der Waals surface area contributed by atoms with Crippen molar-refractivity contribution < 1.29 is 5.11 Å². The normalized spacial score (nSPS) is 18.4. The van der Waals surface area contributed by atoms with E-state index in [2.05, 4.69) is 4.90 Å². The lowest BCUT2D eigenvalue weighted by molar-refractivity contribution is 0.110. The van der Waals surface area contributed by atoms with Crippen LogP contribution in [0.3, 0.4) is 0 Å². The summed E-state index contributed by atoms with van der Waals surface area (Å²) in [6.07, 6.45) is 1.79. The molecule has 1 aromatic carbocycles. The number of aliphatic hydroxyl groups excluding tert-OH is 1. The molecule has 1 aliphatic rings. The number of thiocarbonyl (C=S) groups is 1. The lowest BCUT2D eigenvalue weighted by atomic mass is 9.92. The summed E-state index contributed by atoms with van der Waals surface area (Å²) < 4.78 is 0. The van der Waals surface area contributed by atoms with Crippen molar-refractivity contribution in [2.45, 2.75) is 25.9 Å². The van der Waals surface area contributed by atoms with Crippen LogP contribution in [0.25, 0.3) is 0 Å². The first-order valence-corrected chi connectivity index (χ1v) is 7.30. The molecule has 1 heterocycles. The van der Waals surface area contributed by atoms with Crippen LogP contribution in [0, 0.1) is 5.92 Å². The van der Waals surface area contributed by atoms with Gasteiger partial charge in [0.2, 0.25) is 0 Å². The van der Waals surface area contributed by atoms with E-state index >= 15 is 0 Å². The lowest BCUT2D eigenvalue weighted by Gasteiger charge is -2.35. The van der Waals surface area contributed by atoms with Gasteiger partial charge in [0.1, 0.15) is 4.99 Å². The Bertz CT molecular complexity index is 471. The van der Waals surface area contributed by atoms with E-state index in [1.165, 1.54) is 0 Å². The second-order valence-corrected chi connectivity index (χ2v) is 5.94. The summed E-state index contributed by atoms with van der Waals surface area (Å²) in [5.41, 5.74) is 7.41. The minimum Gasteiger partial charge on any atom is -0.393 e. The van der Waals surface area contributed by atoms with Gasteiger partial charge in [0, 0.05) is 24.3 Å². The molecule has 0 spiro atoms. The van der Waals surface area contributed by atoms with Crippen molar-refractivity contribution in [1.82, 2.24) is 0 Å². The van der Waals surface area contributed by atoms with Crippen LogP contribution in [-0.4, -0.2) is 29.3 Å². The zero-order chi connectivity index (χ0) is 14.0. The summed E-state index contributed by atoms with van der Waals surface area (Å²) >= 11 is 11.1. The summed E-state index contributed by atoms with van der Waals surface area (Å²) in [5.74, 6) is 0.405. The van der Waals surface area contributed by atoms with Gasteiger partial charge in [-0.2, -0.15) is 0 Å². The maximum absolute atomic E-state index is 9.61. The SMILES string of the molecule is CC(O)C1CCN(c2ccc(C(N)=S)c(Cl)c2)CC1. The highest BCUT2D eigenvalue weighted by Crippen LogP contribution is 2.28. The van der Waals surface area contributed by atoms with Gasteiger partial charge in [-0.15, -0.1) is 0 Å². The Kier molecular flexibility index (Phi) is 4.66. The van der Waals surface area contributed by atoms with Gasteiger partial charge in [0.05, 0.1) is 11.1 Å². The van der Waals surface area contributed by atoms with Crippen LogP contribution in [0.5, 0.6) is 0 Å². The smallest absolute Gasteiger partial charge is 0.105 e. The Balaban J connectivity index is 2.08. The van der Waals surface area contributed by atoms with Gasteiger partial charge in [-0.25, -0.2) is 0 Å². The molecular formula is C14H19ClN2OS. The number of halogens is 1. The van der Waals surface area contributed by atoms with Crippen LogP contribution >= 0.6 is 23.8 Å². The molecule has 1 unspecified atom stereocenters. The third-order valence-corrected chi connectivity index (χ3v) is 4.34. The first kappa shape index (κ1) is 14.6. The van der Waals surface area contributed by atoms with Gasteiger partial charge in [-0.1, -0.05) is 23.8 Å². The molecule has 19 heavy (non-hydrogen) atoms. The van der Waals surface area contributed by atoms with E-state index in [0.29, 0.717) is 15.9 Å². The fraction of sp³-hybridized carbons (Fsp3) is 0.500. The average molecular weight is 299 g/mol. The van der Waals surface area contributed by atoms with Gasteiger partial charge >= 0.3 is 0 Å². The Morgan fingerprint density at radius 3 is 2.58 bits per heavy atom. The predicted octanol–water partition coefficient (Wildman–Crippen LogP) is 2.57. The van der Waals surface area contributed by atoms with E-state index in [4.69, 9.17) is 29.6 Å². The second kappa shape index (κ2) is 6.07. The number of nitrogens with zero attached hydrogens (tertiary/aromatic N) is 1. The molecule has 0 radical (unpaired) electrons. The number of hydrogen-bond acceptors (Lipinski definition) is 3. The Morgan fingerprint density at radius 1 is 1.47 bits per heavy atom. The molecule has 1 aliphatic heterocycles. The second-order valence-electron chi connectivity index (χ2n) is 5.09. The molecular weight excluding hydrogens is 280 g/mol. The predicted molar refractivity (Wildman–Crippen MR) is 84.0 cm³/mol. The molecule has 3 nitrogen and oxygen atoms in total. The van der Waals surface area contributed by atoms with Gasteiger partial charge in [-0.05, 0) is 43.9 Å². The van der Waals surface area contributed by atoms with Crippen molar-refractivity contribution in [2.75, 3.05) is 18.0 Å². The lowest BCUT2D eigenvalue weighted by Crippen LogP contribution is -2.37. The Hall–Kier alpha value is -0.840. The third-order valence-electron chi connectivity index (χ3n) is 3.81. The Labute approximate surface area is 124 Å². The van der Waals surface area contributed by atoms with Crippen molar-refractivity contribution >= 4 is 34.5 Å². The van der Waals surface area contributed by atoms with Crippen molar-refractivity contribution in [1.29, 1.82) is 0 Å². The monoisotopic (exact) mass is 298 g/mol. The first-order chi connectivity index (χ1) is 8.99. The minimum absolute atomic E-state index is 0.220. The minimum atomic E-state index is -0.220. The zero-order valence-electron chi connectivity index (χ0n) is 11.0. The maximum atomic E-state index is 9.61. The summed E-state index contributed by atoms with van der Waals surface area (Å²) in [6.45, 7) is 3.75. The number of aliphatic hydroxyl groups is 1. The van der Waals surface area contributed by atoms with Crippen molar-refractivity contribution in [3.8, 4) is 0 Å². The number of piperidine rings is 1. The highest BCUT2D eigenvalue weighted by Gasteiger charge is 2.23. The highest BCUT2D eigenvalue weighted by molar-refractivity contribution is 7.80. The van der Waals surface area contributed by atoms with Crippen LogP contribution in [0.2, 0.25) is 5.02 Å². The molecule has 0 aliphatic carbocycles. The van der Waals surface area contributed by atoms with Gasteiger partial charge in [-0.3, -0.25) is 0 Å². The number of hydrogen-bond donors (Lipinski definition) is 2. The molecule has 1 aromatic rings. The summed E-state index contributed by atoms with van der Waals surface area (Å²) in [7, 11) is 0. The standard InChI is InChI=1S/C14H19ClN2OS/c1-9(18)10-4-6-17(7-5-10)11-2-3-12(14(16)19)13(15)8-11/h2-3,8-10,18H,4-7H2,1H3,(H2,16,19). The molecule has 2 rings (SSSR count). The number of anilines is 1. The quantitative estimate of drug-likeness (QED) is 0.842. The first-order valence-electron chi connectivity index (χ1n) is 6.51.